The summed E-state index contributed by atoms with van der Waals surface area (Å²) >= 11 is 0. The van der Waals surface area contributed by atoms with Crippen LogP contribution in [0.4, 0.5) is 0 Å². The minimum Gasteiger partial charge on any atom is -0.330 e. The van der Waals surface area contributed by atoms with Crippen molar-refractivity contribution in [3.63, 3.8) is 0 Å². The van der Waals surface area contributed by atoms with Gasteiger partial charge in [0.25, 0.3) is 0 Å². The molecule has 0 amide bonds. The maximum Gasteiger partial charge on any atom is 0.0200 e. The molecule has 20 heavy (non-hydrogen) atoms. The second-order valence-corrected chi connectivity index (χ2v) is 5.61. The van der Waals surface area contributed by atoms with E-state index >= 15 is 0 Å². The minimum absolute atomic E-state index is 0.0896. The second kappa shape index (κ2) is 7.41. The largest absolute Gasteiger partial charge is 0.330 e. The Morgan fingerprint density at radius 2 is 2.15 bits per heavy atom. The molecule has 0 saturated heterocycles. The third-order valence-corrected chi connectivity index (χ3v) is 3.81. The molecule has 0 aromatic carbocycles. The first-order chi connectivity index (χ1) is 9.70. The second-order valence-electron chi connectivity index (χ2n) is 5.61. The number of rotatable bonds is 5. The van der Waals surface area contributed by atoms with E-state index < -0.39 is 0 Å². The summed E-state index contributed by atoms with van der Waals surface area (Å²) in [6.45, 7) is 2.69. The average molecular weight is 270 g/mol. The number of allylic oxidation sites excluding steroid dienone is 8. The third kappa shape index (κ3) is 4.06. The number of hydrogen-bond acceptors (Lipinski definition) is 2. The fourth-order valence-electron chi connectivity index (χ4n) is 2.82. The van der Waals surface area contributed by atoms with E-state index in [4.69, 9.17) is 11.5 Å². The zero-order chi connectivity index (χ0) is 14.4. The Morgan fingerprint density at radius 3 is 2.70 bits per heavy atom. The summed E-state index contributed by atoms with van der Waals surface area (Å²) in [6.07, 6.45) is 19.0. The van der Waals surface area contributed by atoms with Gasteiger partial charge in [-0.25, -0.2) is 0 Å². The van der Waals surface area contributed by atoms with Gasteiger partial charge in [-0.2, -0.15) is 0 Å². The first-order valence-corrected chi connectivity index (χ1v) is 7.64. The Labute approximate surface area is 122 Å². The van der Waals surface area contributed by atoms with Crippen molar-refractivity contribution in [3.05, 3.63) is 58.7 Å². The van der Waals surface area contributed by atoms with E-state index in [-0.39, 0.29) is 6.04 Å². The van der Waals surface area contributed by atoms with Crippen LogP contribution in [0.2, 0.25) is 0 Å². The molecular weight excluding hydrogens is 244 g/mol. The molecule has 0 fully saturated rings. The van der Waals surface area contributed by atoms with Crippen LogP contribution in [0.25, 0.3) is 0 Å². The monoisotopic (exact) mass is 270 g/mol. The van der Waals surface area contributed by atoms with Crippen molar-refractivity contribution in [3.8, 4) is 0 Å². The molecule has 0 saturated carbocycles. The molecule has 2 aliphatic carbocycles. The molecule has 0 aromatic heterocycles. The quantitative estimate of drug-likeness (QED) is 0.803. The lowest BCUT2D eigenvalue weighted by atomic mass is 9.87. The number of nitrogens with two attached hydrogens (primary N) is 2. The van der Waals surface area contributed by atoms with Crippen molar-refractivity contribution in [2.24, 2.45) is 11.5 Å². The average Bonchev–Trinajstić information content (AvgIpc) is 2.47. The van der Waals surface area contributed by atoms with E-state index in [0.717, 1.165) is 19.3 Å². The van der Waals surface area contributed by atoms with E-state index in [1.165, 1.54) is 35.1 Å². The van der Waals surface area contributed by atoms with Crippen LogP contribution >= 0.6 is 0 Å². The zero-order valence-corrected chi connectivity index (χ0v) is 12.4. The van der Waals surface area contributed by atoms with Crippen LogP contribution in [0.15, 0.2) is 58.7 Å². The Hall–Kier alpha value is -1.38. The van der Waals surface area contributed by atoms with Crippen molar-refractivity contribution < 1.29 is 0 Å². The van der Waals surface area contributed by atoms with Gasteiger partial charge in [0.1, 0.15) is 0 Å². The molecule has 0 spiro atoms. The van der Waals surface area contributed by atoms with Gasteiger partial charge in [0.15, 0.2) is 0 Å². The van der Waals surface area contributed by atoms with Crippen molar-refractivity contribution in [1.29, 1.82) is 0 Å². The zero-order valence-electron chi connectivity index (χ0n) is 12.4. The molecule has 0 heterocycles. The normalized spacial score (nSPS) is 21.1. The minimum atomic E-state index is 0.0896. The molecule has 0 radical (unpaired) electrons. The smallest absolute Gasteiger partial charge is 0.0200 e. The van der Waals surface area contributed by atoms with Gasteiger partial charge in [0.05, 0.1) is 0 Å². The van der Waals surface area contributed by atoms with Gasteiger partial charge in [-0.15, -0.1) is 0 Å². The van der Waals surface area contributed by atoms with Gasteiger partial charge >= 0.3 is 0 Å². The highest BCUT2D eigenvalue weighted by molar-refractivity contribution is 5.48. The summed E-state index contributed by atoms with van der Waals surface area (Å²) in [7, 11) is 0. The first kappa shape index (κ1) is 15.0. The molecule has 0 aliphatic heterocycles. The Kier molecular flexibility index (Phi) is 5.57. The van der Waals surface area contributed by atoms with Crippen molar-refractivity contribution in [1.82, 2.24) is 0 Å². The summed E-state index contributed by atoms with van der Waals surface area (Å²) in [6, 6.07) is 0.0896. The Bertz CT molecular complexity index is 488. The molecule has 2 rings (SSSR count). The highest BCUT2D eigenvalue weighted by atomic mass is 14.6. The molecule has 2 heteroatoms. The van der Waals surface area contributed by atoms with Gasteiger partial charge in [-0.1, -0.05) is 36.5 Å². The summed E-state index contributed by atoms with van der Waals surface area (Å²) < 4.78 is 0. The van der Waals surface area contributed by atoms with E-state index in [1.54, 1.807) is 0 Å². The molecule has 1 unspecified atom stereocenters. The fraction of sp³-hybridized carbons (Fsp3) is 0.444. The maximum absolute atomic E-state index is 5.90. The molecule has 1 atom stereocenters. The third-order valence-electron chi connectivity index (χ3n) is 3.81. The van der Waals surface area contributed by atoms with E-state index in [0.29, 0.717) is 6.54 Å². The molecule has 2 aliphatic rings. The molecule has 0 aromatic rings. The summed E-state index contributed by atoms with van der Waals surface area (Å²) in [5, 5.41) is 0. The van der Waals surface area contributed by atoms with Crippen LogP contribution in [-0.4, -0.2) is 12.6 Å². The predicted octanol–water partition coefficient (Wildman–Crippen LogP) is 3.53. The van der Waals surface area contributed by atoms with Gasteiger partial charge in [0, 0.05) is 6.04 Å². The van der Waals surface area contributed by atoms with Crippen molar-refractivity contribution in [2.45, 2.75) is 45.1 Å². The lowest BCUT2D eigenvalue weighted by molar-refractivity contribution is 0.844. The molecule has 108 valence electrons. The van der Waals surface area contributed by atoms with Crippen molar-refractivity contribution >= 4 is 0 Å². The SMILES string of the molecule is CC(N)/C=C(\CCN)C1=CC=C(C2=CCCC=C2)CC1. The van der Waals surface area contributed by atoms with E-state index in [9.17, 15) is 0 Å². The Morgan fingerprint density at radius 1 is 1.30 bits per heavy atom. The van der Waals surface area contributed by atoms with Crippen LogP contribution in [0.1, 0.15) is 39.0 Å². The van der Waals surface area contributed by atoms with Crippen LogP contribution in [0.3, 0.4) is 0 Å². The predicted molar refractivity (Wildman–Crippen MR) is 87.3 cm³/mol. The molecular formula is C18H26N2. The van der Waals surface area contributed by atoms with Crippen LogP contribution in [0.5, 0.6) is 0 Å². The maximum atomic E-state index is 5.90. The van der Waals surface area contributed by atoms with Crippen LogP contribution < -0.4 is 11.5 Å². The van der Waals surface area contributed by atoms with Gasteiger partial charge in [-0.05, 0) is 67.9 Å². The van der Waals surface area contributed by atoms with E-state index in [1.807, 2.05) is 6.92 Å². The van der Waals surface area contributed by atoms with E-state index in [2.05, 4.69) is 36.5 Å². The fourth-order valence-corrected chi connectivity index (χ4v) is 2.82. The molecule has 4 N–H and O–H groups in total. The highest BCUT2D eigenvalue weighted by Crippen LogP contribution is 2.31. The Balaban J connectivity index is 2.15. The highest BCUT2D eigenvalue weighted by Gasteiger charge is 2.13. The summed E-state index contributed by atoms with van der Waals surface area (Å²) in [5.74, 6) is 0. The van der Waals surface area contributed by atoms with Crippen LogP contribution in [0, 0.1) is 0 Å². The van der Waals surface area contributed by atoms with Gasteiger partial charge in [0.2, 0.25) is 0 Å². The lowest BCUT2D eigenvalue weighted by Crippen LogP contribution is -2.14. The van der Waals surface area contributed by atoms with Crippen molar-refractivity contribution in [2.75, 3.05) is 6.54 Å². The molecule has 2 nitrogen and oxygen atoms in total. The standard InChI is InChI=1S/C18H26N2/c1-14(20)13-18(11-12-19)17-9-7-16(8-10-17)15-5-3-2-4-6-15/h3,5-7,9,13-14H,2,4,8,10-12,19-20H2,1H3/b18-13+. The first-order valence-electron chi connectivity index (χ1n) is 7.64. The topological polar surface area (TPSA) is 52.0 Å². The summed E-state index contributed by atoms with van der Waals surface area (Å²) in [5.41, 5.74) is 17.2. The molecule has 0 bridgehead atoms. The van der Waals surface area contributed by atoms with Gasteiger partial charge < -0.3 is 11.5 Å². The lowest BCUT2D eigenvalue weighted by Gasteiger charge is -2.19. The summed E-state index contributed by atoms with van der Waals surface area (Å²) in [4.78, 5) is 0. The van der Waals surface area contributed by atoms with Crippen LogP contribution in [-0.2, 0) is 0 Å². The number of hydrogen-bond donors (Lipinski definition) is 2. The van der Waals surface area contributed by atoms with Gasteiger partial charge in [-0.3, -0.25) is 0 Å².